The van der Waals surface area contributed by atoms with E-state index in [-0.39, 0.29) is 0 Å². The summed E-state index contributed by atoms with van der Waals surface area (Å²) in [6.07, 6.45) is 7.74. The van der Waals surface area contributed by atoms with E-state index in [1.165, 1.54) is 11.1 Å². The Hall–Kier alpha value is -1.50. The van der Waals surface area contributed by atoms with E-state index in [0.717, 1.165) is 12.2 Å². The van der Waals surface area contributed by atoms with Crippen LogP contribution in [0.15, 0.2) is 48.1 Å². The largest absolute Gasteiger partial charge is 0.496 e. The maximum absolute atomic E-state index is 5.37. The maximum Gasteiger partial charge on any atom is 0.122 e. The fraction of sp³-hybridized carbons (Fsp3) is 0.286. The lowest BCUT2D eigenvalue weighted by Gasteiger charge is -2.15. The number of hydrogen-bond donors (Lipinski definition) is 0. The van der Waals surface area contributed by atoms with Crippen LogP contribution >= 0.6 is 0 Å². The van der Waals surface area contributed by atoms with Gasteiger partial charge in [-0.15, -0.1) is 0 Å². The van der Waals surface area contributed by atoms with E-state index in [1.807, 2.05) is 12.1 Å². The minimum atomic E-state index is 0.417. The van der Waals surface area contributed by atoms with Gasteiger partial charge in [0.2, 0.25) is 0 Å². The maximum atomic E-state index is 5.37. The van der Waals surface area contributed by atoms with Gasteiger partial charge in [0.1, 0.15) is 5.75 Å². The van der Waals surface area contributed by atoms with Crippen molar-refractivity contribution in [2.45, 2.75) is 19.3 Å². The molecule has 0 radical (unpaired) electrons. The first kappa shape index (κ1) is 10.0. The van der Waals surface area contributed by atoms with Crippen molar-refractivity contribution in [1.82, 2.24) is 0 Å². The van der Waals surface area contributed by atoms with Gasteiger partial charge in [-0.05, 0) is 18.1 Å². The normalized spacial score (nSPS) is 16.3. The average molecular weight is 200 g/mol. The molecule has 0 N–H and O–H groups in total. The Kier molecular flexibility index (Phi) is 2.91. The second-order valence-corrected chi connectivity index (χ2v) is 3.81. The van der Waals surface area contributed by atoms with E-state index < -0.39 is 0 Å². The summed E-state index contributed by atoms with van der Waals surface area (Å²) in [7, 11) is 1.73. The summed E-state index contributed by atoms with van der Waals surface area (Å²) in [4.78, 5) is 0. The first-order valence-electron chi connectivity index (χ1n) is 5.32. The predicted octanol–water partition coefficient (Wildman–Crippen LogP) is 3.69. The van der Waals surface area contributed by atoms with Crippen LogP contribution in [0.4, 0.5) is 0 Å². The van der Waals surface area contributed by atoms with Gasteiger partial charge in [0.25, 0.3) is 0 Å². The highest BCUT2D eigenvalue weighted by Crippen LogP contribution is 2.33. The summed E-state index contributed by atoms with van der Waals surface area (Å²) < 4.78 is 5.37. The van der Waals surface area contributed by atoms with Crippen LogP contribution in [0.25, 0.3) is 0 Å². The van der Waals surface area contributed by atoms with E-state index in [4.69, 9.17) is 4.74 Å². The van der Waals surface area contributed by atoms with Gasteiger partial charge in [0.15, 0.2) is 0 Å². The van der Waals surface area contributed by atoms with E-state index >= 15 is 0 Å². The third-order valence-electron chi connectivity index (χ3n) is 2.91. The highest BCUT2D eigenvalue weighted by molar-refractivity contribution is 5.44. The molecule has 1 aromatic carbocycles. The number of ether oxygens (including phenoxy) is 1. The Balaban J connectivity index is 2.32. The van der Waals surface area contributed by atoms with Crippen LogP contribution in [0.5, 0.6) is 5.75 Å². The van der Waals surface area contributed by atoms with Crippen molar-refractivity contribution in [2.75, 3.05) is 7.11 Å². The number of benzene rings is 1. The quantitative estimate of drug-likeness (QED) is 0.723. The monoisotopic (exact) mass is 200 g/mol. The lowest BCUT2D eigenvalue weighted by molar-refractivity contribution is 0.408. The fourth-order valence-corrected chi connectivity index (χ4v) is 2.00. The van der Waals surface area contributed by atoms with E-state index in [2.05, 4.69) is 37.3 Å². The van der Waals surface area contributed by atoms with Gasteiger partial charge in [0.05, 0.1) is 7.11 Å². The van der Waals surface area contributed by atoms with Gasteiger partial charge in [-0.2, -0.15) is 0 Å². The molecule has 1 heteroatoms. The molecule has 78 valence electrons. The van der Waals surface area contributed by atoms with Crippen LogP contribution < -0.4 is 4.74 Å². The molecular formula is C14H16O. The average Bonchev–Trinajstić information content (AvgIpc) is 2.81. The Morgan fingerprint density at radius 3 is 2.73 bits per heavy atom. The number of hydrogen-bond acceptors (Lipinski definition) is 1. The first-order chi connectivity index (χ1) is 7.33. The fourth-order valence-electron chi connectivity index (χ4n) is 2.00. The van der Waals surface area contributed by atoms with Gasteiger partial charge in [-0.25, -0.2) is 0 Å². The zero-order chi connectivity index (χ0) is 10.7. The summed E-state index contributed by atoms with van der Waals surface area (Å²) in [6, 6.07) is 8.23. The van der Waals surface area contributed by atoms with Crippen LogP contribution in [0.3, 0.4) is 0 Å². The van der Waals surface area contributed by atoms with E-state index in [1.54, 1.807) is 7.11 Å². The summed E-state index contributed by atoms with van der Waals surface area (Å²) in [6.45, 7) is 2.22. The second kappa shape index (κ2) is 4.35. The Morgan fingerprint density at radius 1 is 1.27 bits per heavy atom. The van der Waals surface area contributed by atoms with Gasteiger partial charge in [-0.3, -0.25) is 0 Å². The SMILES string of the molecule is COc1ccccc1C(C)C1=CCC=C1. The highest BCUT2D eigenvalue weighted by Gasteiger charge is 2.14. The molecule has 1 unspecified atom stereocenters. The molecule has 1 atom stereocenters. The molecule has 15 heavy (non-hydrogen) atoms. The standard InChI is InChI=1S/C14H16O/c1-11(12-7-3-4-8-12)13-9-5-6-10-14(13)15-2/h3,5-11H,4H2,1-2H3. The van der Waals surface area contributed by atoms with Gasteiger partial charge in [-0.1, -0.05) is 43.4 Å². The van der Waals surface area contributed by atoms with E-state index in [0.29, 0.717) is 5.92 Å². The molecule has 0 amide bonds. The Labute approximate surface area is 91.1 Å². The van der Waals surface area contributed by atoms with Crippen LogP contribution in [-0.2, 0) is 0 Å². The third kappa shape index (κ3) is 1.96. The summed E-state index contributed by atoms with van der Waals surface area (Å²) in [5.41, 5.74) is 2.65. The Morgan fingerprint density at radius 2 is 2.07 bits per heavy atom. The molecule has 0 saturated carbocycles. The molecule has 2 rings (SSSR count). The van der Waals surface area contributed by atoms with Crippen LogP contribution in [-0.4, -0.2) is 7.11 Å². The Bertz CT molecular complexity index is 402. The van der Waals surface area contributed by atoms with Crippen LogP contribution in [0, 0.1) is 0 Å². The molecule has 1 nitrogen and oxygen atoms in total. The van der Waals surface area contributed by atoms with Gasteiger partial charge < -0.3 is 4.74 Å². The summed E-state index contributed by atoms with van der Waals surface area (Å²) >= 11 is 0. The molecule has 0 spiro atoms. The molecule has 0 heterocycles. The molecule has 1 aliphatic carbocycles. The number of methoxy groups -OCH3 is 1. The second-order valence-electron chi connectivity index (χ2n) is 3.81. The molecule has 0 bridgehead atoms. The molecule has 1 aliphatic rings. The molecule has 0 aliphatic heterocycles. The first-order valence-corrected chi connectivity index (χ1v) is 5.32. The van der Waals surface area contributed by atoms with Crippen LogP contribution in [0.1, 0.15) is 24.8 Å². The highest BCUT2D eigenvalue weighted by atomic mass is 16.5. The van der Waals surface area contributed by atoms with Crippen molar-refractivity contribution in [1.29, 1.82) is 0 Å². The van der Waals surface area contributed by atoms with Crippen molar-refractivity contribution < 1.29 is 4.74 Å². The number of allylic oxidation sites excluding steroid dienone is 4. The van der Waals surface area contributed by atoms with Gasteiger partial charge in [0, 0.05) is 11.5 Å². The molecular weight excluding hydrogens is 184 g/mol. The van der Waals surface area contributed by atoms with Gasteiger partial charge >= 0.3 is 0 Å². The molecule has 1 aromatic rings. The lowest BCUT2D eigenvalue weighted by atomic mass is 9.93. The van der Waals surface area contributed by atoms with Crippen molar-refractivity contribution in [3.8, 4) is 5.75 Å². The number of para-hydroxylation sites is 1. The minimum Gasteiger partial charge on any atom is -0.496 e. The zero-order valence-electron chi connectivity index (χ0n) is 9.23. The predicted molar refractivity (Wildman–Crippen MR) is 63.2 cm³/mol. The molecule has 0 fully saturated rings. The number of rotatable bonds is 3. The minimum absolute atomic E-state index is 0.417. The third-order valence-corrected chi connectivity index (χ3v) is 2.91. The molecule has 0 saturated heterocycles. The summed E-state index contributed by atoms with van der Waals surface area (Å²) in [5, 5.41) is 0. The van der Waals surface area contributed by atoms with Crippen LogP contribution in [0.2, 0.25) is 0 Å². The summed E-state index contributed by atoms with van der Waals surface area (Å²) in [5.74, 6) is 1.39. The van der Waals surface area contributed by atoms with Crippen molar-refractivity contribution in [3.05, 3.63) is 53.6 Å². The van der Waals surface area contributed by atoms with E-state index in [9.17, 15) is 0 Å². The van der Waals surface area contributed by atoms with Crippen molar-refractivity contribution >= 4 is 0 Å². The van der Waals surface area contributed by atoms with Crippen molar-refractivity contribution in [2.24, 2.45) is 0 Å². The topological polar surface area (TPSA) is 9.23 Å². The smallest absolute Gasteiger partial charge is 0.122 e. The van der Waals surface area contributed by atoms with Crippen molar-refractivity contribution in [3.63, 3.8) is 0 Å². The zero-order valence-corrected chi connectivity index (χ0v) is 9.23. The lowest BCUT2D eigenvalue weighted by Crippen LogP contribution is -1.98. The molecule has 0 aromatic heterocycles.